The molecule has 0 aliphatic rings. The van der Waals surface area contributed by atoms with Gasteiger partial charge in [-0.15, -0.1) is 35.3 Å². The van der Waals surface area contributed by atoms with Crippen LogP contribution in [0.1, 0.15) is 77.0 Å². The Hall–Kier alpha value is -2.58. The van der Waals surface area contributed by atoms with E-state index >= 15 is 0 Å². The lowest BCUT2D eigenvalue weighted by Gasteiger charge is -2.26. The second-order valence-corrected chi connectivity index (χ2v) is 28.5. The maximum atomic E-state index is 10.8. The average molecular weight is 1480 g/mol. The third-order valence-electron chi connectivity index (χ3n) is 12.6. The number of aldehydes is 12. The Morgan fingerprint density at radius 2 is 0.562 bits per heavy atom. The van der Waals surface area contributed by atoms with E-state index in [1.54, 1.807) is 70.6 Å². The van der Waals surface area contributed by atoms with Crippen LogP contribution in [-0.4, -0.2) is 296 Å². The van der Waals surface area contributed by atoms with Gasteiger partial charge in [0.05, 0.1) is 33.9 Å². The summed E-state index contributed by atoms with van der Waals surface area (Å²) in [6.45, 7) is 10.2. The van der Waals surface area contributed by atoms with Crippen LogP contribution in [0.4, 0.5) is 0 Å². The van der Waals surface area contributed by atoms with Gasteiger partial charge in [-0.1, -0.05) is 0 Å². The van der Waals surface area contributed by atoms with Crippen molar-refractivity contribution in [2.75, 3.05) is 152 Å². The molecule has 0 saturated heterocycles. The van der Waals surface area contributed by atoms with Crippen LogP contribution in [0.25, 0.3) is 0 Å². The zero-order chi connectivity index (χ0) is 73.4. The van der Waals surface area contributed by atoms with Crippen LogP contribution in [0.5, 0.6) is 0 Å². The summed E-state index contributed by atoms with van der Waals surface area (Å²) in [5, 5.41) is 18.8. The molecule has 0 aliphatic carbocycles. The highest BCUT2D eigenvalue weighted by molar-refractivity contribution is 8.04. The second-order valence-electron chi connectivity index (χ2n) is 20.3. The number of rotatable bonds is 66. The zero-order valence-corrected chi connectivity index (χ0v) is 61.5. The zero-order valence-electron chi connectivity index (χ0n) is 56.6. The van der Waals surface area contributed by atoms with Crippen LogP contribution in [0.15, 0.2) is 0 Å². The Bertz CT molecular complexity index is 1580. The summed E-state index contributed by atoms with van der Waals surface area (Å²) in [5.41, 5.74) is 64.5. The van der Waals surface area contributed by atoms with Gasteiger partial charge in [0.15, 0.2) is 0 Å². The van der Waals surface area contributed by atoms with Crippen molar-refractivity contribution in [2.24, 2.45) is 68.8 Å². The van der Waals surface area contributed by atoms with E-state index in [9.17, 15) is 57.5 Å². The molecule has 0 radical (unpaired) electrons. The predicted molar refractivity (Wildman–Crippen MR) is 405 cm³/mol. The molecule has 0 spiro atoms. The lowest BCUT2D eigenvalue weighted by Crippen LogP contribution is -2.50. The fourth-order valence-corrected chi connectivity index (χ4v) is 14.0. The van der Waals surface area contributed by atoms with Crippen molar-refractivity contribution < 1.29 is 57.5 Å². The van der Waals surface area contributed by atoms with Gasteiger partial charge in [0.2, 0.25) is 0 Å². The van der Waals surface area contributed by atoms with E-state index in [1.165, 1.54) is 0 Å². The summed E-state index contributed by atoms with van der Waals surface area (Å²) in [4.78, 5) is 128. The number of carbonyl (C=O) groups excluding carboxylic acids is 12. The molecule has 0 amide bonds. The molecule has 0 aliphatic heterocycles. The largest absolute Gasteiger partial charge is 0.330 e. The Morgan fingerprint density at radius 3 is 0.875 bits per heavy atom. The minimum absolute atomic E-state index is 0.0125. The molecule has 12 unspecified atom stereocenters. The van der Waals surface area contributed by atoms with Crippen molar-refractivity contribution >= 4 is 146 Å². The van der Waals surface area contributed by atoms with Gasteiger partial charge in [-0.05, 0) is 38.5 Å². The van der Waals surface area contributed by atoms with Gasteiger partial charge in [0, 0.05) is 225 Å². The van der Waals surface area contributed by atoms with Gasteiger partial charge < -0.3 is 158 Å². The van der Waals surface area contributed by atoms with Crippen molar-refractivity contribution in [2.45, 2.75) is 145 Å². The van der Waals surface area contributed by atoms with Crippen LogP contribution in [0, 0.1) is 0 Å². The van der Waals surface area contributed by atoms with E-state index in [0.717, 1.165) is 129 Å². The minimum atomic E-state index is -0.265. The first-order valence-electron chi connectivity index (χ1n) is 32.6. The smallest absolute Gasteiger partial charge is 0.136 e. The first-order chi connectivity index (χ1) is 46.7. The summed E-state index contributed by atoms with van der Waals surface area (Å²) < 4.78 is 0. The van der Waals surface area contributed by atoms with Gasteiger partial charge in [0.25, 0.3) is 0 Å². The van der Waals surface area contributed by atoms with Crippen molar-refractivity contribution in [1.82, 2.24) is 31.9 Å². The summed E-state index contributed by atoms with van der Waals surface area (Å²) in [5.74, 6) is 4.80. The van der Waals surface area contributed by atoms with Crippen molar-refractivity contribution in [1.29, 1.82) is 0 Å². The van der Waals surface area contributed by atoms with Crippen molar-refractivity contribution in [3.63, 3.8) is 0 Å². The number of nitrogens with two attached hydrogens (primary N) is 12. The van der Waals surface area contributed by atoms with E-state index in [2.05, 4.69) is 31.9 Å². The Morgan fingerprint density at radius 1 is 0.260 bits per heavy atom. The van der Waals surface area contributed by atoms with Crippen LogP contribution < -0.4 is 101 Å². The number of hydrogen-bond donors (Lipinski definition) is 18. The van der Waals surface area contributed by atoms with Crippen LogP contribution in [0.3, 0.4) is 0 Å². The van der Waals surface area contributed by atoms with Crippen molar-refractivity contribution in [3.05, 3.63) is 0 Å². The highest BCUT2D eigenvalue weighted by Crippen LogP contribution is 2.28. The summed E-state index contributed by atoms with van der Waals surface area (Å²) in [6.07, 6.45) is 17.1. The molecule has 0 aromatic carbocycles. The topological polar surface area (TPSA) is 589 Å². The summed E-state index contributed by atoms with van der Waals surface area (Å²) in [7, 11) is 0. The summed E-state index contributed by atoms with van der Waals surface area (Å²) >= 11 is 9.66. The fraction of sp³-hybridized carbons (Fsp3) is 0.800. The molecular weight excluding hydrogens is 1360 g/mol. The van der Waals surface area contributed by atoms with E-state index in [0.29, 0.717) is 176 Å². The SMILES string of the molecule is NCCNC(C=O)CC(CC=O)NCCN.NCCNC(C=O)CCC(C=O)NCCN.NCCNC(CC=O)C(CC=O)NCCN.NCCSC(C=O)CC(CC=O)SCCN.NCCSC(C=O)CCC(C=O)SCCN.NCCSC(CC=O)C(CC=O)SCCN. The Kier molecular flexibility index (Phi) is 96.3. The average Bonchev–Trinajstić information content (AvgIpc) is 1.85. The maximum absolute atomic E-state index is 10.8. The highest BCUT2D eigenvalue weighted by Gasteiger charge is 2.23. The maximum Gasteiger partial charge on any atom is 0.136 e. The van der Waals surface area contributed by atoms with Gasteiger partial charge in [-0.25, -0.2) is 0 Å². The number of hydrogen-bond acceptors (Lipinski definition) is 36. The monoisotopic (exact) mass is 1480 g/mol. The standard InChI is InChI=1S/3C10H22N4O2.3C10H20N2O2S2/c11-3-5-13-9(1-7-15)10(2-8-16)14-6-4-12;11-2-4-13-9(1-6-15)7-10(8-16)14-5-3-12;11-3-5-13-9(7-15)1-2-10(8-16)14-6-4-12;11-3-7-15-9(1-5-13)10(2-6-14)16-8-4-12;11-2-5-15-9(1-4-13)7-10(8-14)16-6-3-12;11-3-5-15-9(7-13)1-2-10(8-14)16-6-4-12/h7-10,13-14H,1-6,11-12H2;6,8-10,13-14H,1-5,7,11-12H2;7-10,13-14H,1-6,11-12H2;5-6,9-10H,1-4,7-8,11-12H2;4,8-10H,1-3,5-7,11-12H2;7-10H,1-6,11-12H2. The van der Waals surface area contributed by atoms with Gasteiger partial charge in [-0.3, -0.25) is 0 Å². The van der Waals surface area contributed by atoms with Gasteiger partial charge >= 0.3 is 0 Å². The molecule has 0 aromatic rings. The van der Waals surface area contributed by atoms with Crippen LogP contribution in [0.2, 0.25) is 0 Å². The van der Waals surface area contributed by atoms with E-state index in [1.807, 2.05) is 0 Å². The molecule has 30 nitrogen and oxygen atoms in total. The lowest BCUT2D eigenvalue weighted by atomic mass is 10.0. The quantitative estimate of drug-likeness (QED) is 0.0253. The molecule has 12 atom stereocenters. The predicted octanol–water partition coefficient (Wildman–Crippen LogP) is -5.15. The Balaban J connectivity index is -0.000000253. The highest BCUT2D eigenvalue weighted by atomic mass is 32.2. The van der Waals surface area contributed by atoms with Gasteiger partial charge in [0.1, 0.15) is 75.4 Å². The molecule has 0 rings (SSSR count). The molecule has 0 heterocycles. The summed E-state index contributed by atoms with van der Waals surface area (Å²) in [6, 6.07) is -0.882. The Labute approximate surface area is 597 Å². The number of carbonyl (C=O) groups is 12. The molecular formula is C60H126N18O12S6. The molecule has 0 bridgehead atoms. The molecule has 0 fully saturated rings. The first-order valence-corrected chi connectivity index (χ1v) is 38.9. The molecule has 0 saturated carbocycles. The number of nitrogens with one attached hydrogen (secondary N) is 6. The van der Waals surface area contributed by atoms with E-state index in [-0.39, 0.29) is 67.8 Å². The molecule has 30 N–H and O–H groups in total. The van der Waals surface area contributed by atoms with E-state index < -0.39 is 0 Å². The van der Waals surface area contributed by atoms with Crippen LogP contribution >= 0.6 is 70.6 Å². The normalized spacial score (nSPS) is 14.4. The van der Waals surface area contributed by atoms with E-state index in [4.69, 9.17) is 68.8 Å². The minimum Gasteiger partial charge on any atom is -0.330 e. The second kappa shape index (κ2) is 88.5. The third-order valence-corrected chi connectivity index (χ3v) is 20.6. The molecule has 36 heteroatoms. The number of thioether (sulfide) groups is 6. The first kappa shape index (κ1) is 104. The molecule has 96 heavy (non-hydrogen) atoms. The molecule has 564 valence electrons. The fourth-order valence-electron chi connectivity index (χ4n) is 7.93. The van der Waals surface area contributed by atoms with Crippen molar-refractivity contribution in [3.8, 4) is 0 Å². The molecule has 0 aromatic heterocycles. The van der Waals surface area contributed by atoms with Crippen LogP contribution in [-0.2, 0) is 57.5 Å². The van der Waals surface area contributed by atoms with Gasteiger partial charge in [-0.2, -0.15) is 35.3 Å². The lowest BCUT2D eigenvalue weighted by molar-refractivity contribution is -0.111. The third kappa shape index (κ3) is 72.7.